The maximum Gasteiger partial charge on any atom is 0.217 e. The van der Waals surface area contributed by atoms with E-state index in [1.165, 1.54) is 0 Å². The van der Waals surface area contributed by atoms with Crippen molar-refractivity contribution < 1.29 is 9.90 Å². The number of carbonyl (C=O) groups excluding carboxylic acids is 1. The fourth-order valence-electron chi connectivity index (χ4n) is 0.692. The Kier molecular flexibility index (Phi) is 5.78. The molecule has 0 spiro atoms. The van der Waals surface area contributed by atoms with Crippen molar-refractivity contribution in [2.45, 2.75) is 32.4 Å². The van der Waals surface area contributed by atoms with E-state index in [1.54, 1.807) is 0 Å². The second kappa shape index (κ2) is 6.12. The van der Waals surface area contributed by atoms with Gasteiger partial charge in [-0.1, -0.05) is 6.92 Å². The number of carbonyl (C=O) groups is 1. The Morgan fingerprint density at radius 3 is 2.82 bits per heavy atom. The maximum absolute atomic E-state index is 10.3. The van der Waals surface area contributed by atoms with Crippen LogP contribution in [0.25, 0.3) is 0 Å². The van der Waals surface area contributed by atoms with Crippen LogP contribution in [0.2, 0.25) is 0 Å². The van der Waals surface area contributed by atoms with Crippen molar-refractivity contribution in [3.05, 3.63) is 0 Å². The molecule has 66 valence electrons. The van der Waals surface area contributed by atoms with Crippen LogP contribution < -0.4 is 11.1 Å². The molecule has 0 aromatic heterocycles. The Morgan fingerprint density at radius 2 is 2.36 bits per heavy atom. The lowest BCUT2D eigenvalue weighted by molar-refractivity contribution is -0.118. The van der Waals surface area contributed by atoms with E-state index >= 15 is 0 Å². The highest BCUT2D eigenvalue weighted by atomic mass is 16.3. The molecule has 0 aliphatic heterocycles. The molecule has 0 aliphatic carbocycles. The minimum Gasteiger partial charge on any atom is -0.379 e. The summed E-state index contributed by atoms with van der Waals surface area (Å²) in [4.78, 5) is 10.3. The third kappa shape index (κ3) is 7.29. The van der Waals surface area contributed by atoms with E-state index in [1.807, 2.05) is 6.92 Å². The normalized spacial score (nSPS) is 12.9. The van der Waals surface area contributed by atoms with Gasteiger partial charge in [0.25, 0.3) is 0 Å². The van der Waals surface area contributed by atoms with Gasteiger partial charge in [-0.25, -0.2) is 0 Å². The van der Waals surface area contributed by atoms with Gasteiger partial charge in [0, 0.05) is 6.42 Å². The van der Waals surface area contributed by atoms with Crippen LogP contribution in [0.15, 0.2) is 0 Å². The number of aliphatic hydroxyl groups excluding tert-OH is 1. The molecule has 1 atom stereocenters. The Morgan fingerprint density at radius 1 is 1.73 bits per heavy atom. The third-order valence-corrected chi connectivity index (χ3v) is 1.29. The monoisotopic (exact) mass is 160 g/mol. The number of rotatable bonds is 6. The van der Waals surface area contributed by atoms with Crippen molar-refractivity contribution in [3.8, 4) is 0 Å². The molecule has 0 aromatic carbocycles. The van der Waals surface area contributed by atoms with Crippen molar-refractivity contribution in [1.82, 2.24) is 5.32 Å². The minimum atomic E-state index is -0.595. The average Bonchev–Trinajstić information content (AvgIpc) is 1.97. The van der Waals surface area contributed by atoms with E-state index in [0.717, 1.165) is 13.0 Å². The van der Waals surface area contributed by atoms with Gasteiger partial charge in [-0.3, -0.25) is 10.1 Å². The summed E-state index contributed by atoms with van der Waals surface area (Å²) in [6.07, 6.45) is 1.00. The molecule has 0 aromatic rings. The molecule has 4 nitrogen and oxygen atoms in total. The molecular weight excluding hydrogens is 144 g/mol. The molecule has 0 bridgehead atoms. The first-order valence-corrected chi connectivity index (χ1v) is 3.86. The van der Waals surface area contributed by atoms with Crippen molar-refractivity contribution in [2.75, 3.05) is 6.54 Å². The van der Waals surface area contributed by atoms with E-state index in [-0.39, 0.29) is 12.3 Å². The molecule has 0 heterocycles. The van der Waals surface area contributed by atoms with Crippen LogP contribution in [0, 0.1) is 0 Å². The van der Waals surface area contributed by atoms with Gasteiger partial charge in [-0.05, 0) is 19.4 Å². The number of nitrogens with one attached hydrogen (secondary N) is 1. The summed E-state index contributed by atoms with van der Waals surface area (Å²) in [5.41, 5.74) is 4.89. The van der Waals surface area contributed by atoms with Gasteiger partial charge in [-0.2, -0.15) is 0 Å². The first-order chi connectivity index (χ1) is 5.16. The number of nitrogens with two attached hydrogens (primary N) is 1. The first kappa shape index (κ1) is 10.4. The van der Waals surface area contributed by atoms with Crippen LogP contribution >= 0.6 is 0 Å². The largest absolute Gasteiger partial charge is 0.379 e. The maximum atomic E-state index is 10.3. The summed E-state index contributed by atoms with van der Waals surface area (Å²) in [7, 11) is 0. The summed E-state index contributed by atoms with van der Waals surface area (Å²) >= 11 is 0. The summed E-state index contributed by atoms with van der Waals surface area (Å²) in [5.74, 6) is -0.373. The zero-order chi connectivity index (χ0) is 8.69. The molecule has 1 amide bonds. The van der Waals surface area contributed by atoms with Crippen LogP contribution in [0.1, 0.15) is 26.2 Å². The molecule has 4 heteroatoms. The summed E-state index contributed by atoms with van der Waals surface area (Å²) < 4.78 is 0. The fourth-order valence-corrected chi connectivity index (χ4v) is 0.692. The predicted molar refractivity (Wildman–Crippen MR) is 42.7 cm³/mol. The SMILES string of the molecule is CCCNC(O)CCC(N)=O. The summed E-state index contributed by atoms with van der Waals surface area (Å²) in [6, 6.07) is 0. The van der Waals surface area contributed by atoms with Crippen molar-refractivity contribution in [1.29, 1.82) is 0 Å². The molecule has 0 saturated heterocycles. The highest BCUT2D eigenvalue weighted by molar-refractivity contribution is 5.73. The molecular formula is C7H16N2O2. The Labute approximate surface area is 66.8 Å². The van der Waals surface area contributed by atoms with Crippen LogP contribution in [-0.4, -0.2) is 23.8 Å². The fraction of sp³-hybridized carbons (Fsp3) is 0.857. The van der Waals surface area contributed by atoms with Crippen molar-refractivity contribution in [2.24, 2.45) is 5.73 Å². The summed E-state index contributed by atoms with van der Waals surface area (Å²) in [6.45, 7) is 2.77. The van der Waals surface area contributed by atoms with Gasteiger partial charge in [0.05, 0.1) is 0 Å². The van der Waals surface area contributed by atoms with Gasteiger partial charge in [-0.15, -0.1) is 0 Å². The number of hydrogen-bond donors (Lipinski definition) is 3. The predicted octanol–water partition coefficient (Wildman–Crippen LogP) is -0.430. The van der Waals surface area contributed by atoms with E-state index in [9.17, 15) is 4.79 Å². The Hall–Kier alpha value is -0.610. The van der Waals surface area contributed by atoms with Crippen LogP contribution in [0.4, 0.5) is 0 Å². The number of primary amides is 1. The van der Waals surface area contributed by atoms with Crippen LogP contribution in [0.5, 0.6) is 0 Å². The van der Waals surface area contributed by atoms with Crippen LogP contribution in [-0.2, 0) is 4.79 Å². The number of hydrogen-bond acceptors (Lipinski definition) is 3. The van der Waals surface area contributed by atoms with E-state index in [2.05, 4.69) is 5.32 Å². The lowest BCUT2D eigenvalue weighted by Crippen LogP contribution is -2.30. The zero-order valence-electron chi connectivity index (χ0n) is 6.84. The number of amides is 1. The lowest BCUT2D eigenvalue weighted by Gasteiger charge is -2.09. The standard InChI is InChI=1S/C7H16N2O2/c1-2-5-9-7(11)4-3-6(8)10/h7,9,11H,2-5H2,1H3,(H2,8,10). The number of aliphatic hydroxyl groups is 1. The lowest BCUT2D eigenvalue weighted by atomic mass is 10.2. The van der Waals surface area contributed by atoms with Gasteiger partial charge < -0.3 is 10.8 Å². The van der Waals surface area contributed by atoms with Gasteiger partial charge in [0.2, 0.25) is 5.91 Å². The second-order valence-electron chi connectivity index (χ2n) is 2.47. The van der Waals surface area contributed by atoms with E-state index in [4.69, 9.17) is 10.8 Å². The van der Waals surface area contributed by atoms with E-state index in [0.29, 0.717) is 6.42 Å². The smallest absolute Gasteiger partial charge is 0.217 e. The highest BCUT2D eigenvalue weighted by Gasteiger charge is 2.03. The van der Waals surface area contributed by atoms with Crippen molar-refractivity contribution in [3.63, 3.8) is 0 Å². The third-order valence-electron chi connectivity index (χ3n) is 1.29. The molecule has 0 rings (SSSR count). The van der Waals surface area contributed by atoms with E-state index < -0.39 is 6.23 Å². The topological polar surface area (TPSA) is 75.3 Å². The van der Waals surface area contributed by atoms with Crippen molar-refractivity contribution >= 4 is 5.91 Å². The molecule has 0 radical (unpaired) electrons. The Balaban J connectivity index is 3.22. The first-order valence-electron chi connectivity index (χ1n) is 3.86. The van der Waals surface area contributed by atoms with Gasteiger partial charge in [0.15, 0.2) is 0 Å². The summed E-state index contributed by atoms with van der Waals surface area (Å²) in [5, 5.41) is 11.9. The van der Waals surface area contributed by atoms with Crippen LogP contribution in [0.3, 0.4) is 0 Å². The molecule has 0 saturated carbocycles. The minimum absolute atomic E-state index is 0.234. The molecule has 11 heavy (non-hydrogen) atoms. The zero-order valence-corrected chi connectivity index (χ0v) is 6.84. The quantitative estimate of drug-likeness (QED) is 0.461. The molecule has 0 fully saturated rings. The van der Waals surface area contributed by atoms with Gasteiger partial charge in [0.1, 0.15) is 6.23 Å². The molecule has 4 N–H and O–H groups in total. The van der Waals surface area contributed by atoms with Gasteiger partial charge >= 0.3 is 0 Å². The highest BCUT2D eigenvalue weighted by Crippen LogP contribution is 1.92. The molecule has 0 aliphatic rings. The Bertz CT molecular complexity index is 117. The average molecular weight is 160 g/mol. The molecule has 1 unspecified atom stereocenters. The second-order valence-corrected chi connectivity index (χ2v) is 2.47.